The molecule has 0 radical (unpaired) electrons. The molecule has 0 saturated carbocycles. The molecule has 0 aromatic carbocycles. The fourth-order valence-electron chi connectivity index (χ4n) is 0.814. The predicted octanol–water partition coefficient (Wildman–Crippen LogP) is 2.09. The molecule has 2 heteroatoms. The van der Waals surface area contributed by atoms with Crippen molar-refractivity contribution in [2.75, 3.05) is 0 Å². The zero-order valence-electron chi connectivity index (χ0n) is 6.49. The van der Waals surface area contributed by atoms with Gasteiger partial charge < -0.3 is 5.11 Å². The van der Waals surface area contributed by atoms with Crippen LogP contribution in [-0.2, 0) is 6.42 Å². The average Bonchev–Trinajstić information content (AvgIpc) is 2.06. The largest absolute Gasteiger partial charge is 0.512 e. The van der Waals surface area contributed by atoms with Crippen LogP contribution in [0.25, 0.3) is 0 Å². The van der Waals surface area contributed by atoms with E-state index in [1.54, 1.807) is 18.5 Å². The van der Waals surface area contributed by atoms with Crippen molar-refractivity contribution in [1.82, 2.24) is 4.98 Å². The van der Waals surface area contributed by atoms with E-state index < -0.39 is 0 Å². The summed E-state index contributed by atoms with van der Waals surface area (Å²) in [4.78, 5) is 3.93. The minimum atomic E-state index is 0.387. The Morgan fingerprint density at radius 3 is 3.09 bits per heavy atom. The molecule has 11 heavy (non-hydrogen) atoms. The van der Waals surface area contributed by atoms with Gasteiger partial charge in [0.1, 0.15) is 0 Å². The van der Waals surface area contributed by atoms with E-state index in [-0.39, 0.29) is 0 Å². The van der Waals surface area contributed by atoms with Crippen LogP contribution in [0.3, 0.4) is 0 Å². The van der Waals surface area contributed by atoms with Crippen molar-refractivity contribution in [1.29, 1.82) is 0 Å². The Morgan fingerprint density at radius 1 is 1.73 bits per heavy atom. The van der Waals surface area contributed by atoms with Gasteiger partial charge in [0.15, 0.2) is 0 Å². The summed E-state index contributed by atoms with van der Waals surface area (Å²) >= 11 is 0. The van der Waals surface area contributed by atoms with Crippen molar-refractivity contribution in [2.24, 2.45) is 0 Å². The van der Waals surface area contributed by atoms with Crippen molar-refractivity contribution in [3.05, 3.63) is 41.9 Å². The second-order valence-electron chi connectivity index (χ2n) is 2.32. The first-order chi connectivity index (χ1) is 5.33. The smallest absolute Gasteiger partial charge is 0.0924 e. The number of hydrogen-bond donors (Lipinski definition) is 1. The number of aliphatic hydroxyl groups is 1. The van der Waals surface area contributed by atoms with Crippen LogP contribution in [0.4, 0.5) is 0 Å². The molecule has 0 aliphatic heterocycles. The summed E-state index contributed by atoms with van der Waals surface area (Å²) in [6.45, 7) is 1.81. The van der Waals surface area contributed by atoms with E-state index in [9.17, 15) is 0 Å². The number of aliphatic hydroxyl groups excluding tert-OH is 1. The molecule has 2 nitrogen and oxygen atoms in total. The van der Waals surface area contributed by atoms with E-state index in [1.807, 2.05) is 19.1 Å². The highest BCUT2D eigenvalue weighted by atomic mass is 16.3. The van der Waals surface area contributed by atoms with Gasteiger partial charge in [-0.05, 0) is 24.6 Å². The first-order valence-electron chi connectivity index (χ1n) is 3.56. The minimum Gasteiger partial charge on any atom is -0.512 e. The summed E-state index contributed by atoms with van der Waals surface area (Å²) in [7, 11) is 0. The van der Waals surface area contributed by atoms with E-state index in [0.29, 0.717) is 12.2 Å². The Hall–Kier alpha value is -1.31. The van der Waals surface area contributed by atoms with E-state index in [2.05, 4.69) is 4.98 Å². The average molecular weight is 149 g/mol. The van der Waals surface area contributed by atoms with Crippen LogP contribution in [0.1, 0.15) is 12.5 Å². The van der Waals surface area contributed by atoms with E-state index >= 15 is 0 Å². The minimum absolute atomic E-state index is 0.387. The van der Waals surface area contributed by atoms with Crippen LogP contribution in [0.15, 0.2) is 36.4 Å². The summed E-state index contributed by atoms with van der Waals surface area (Å²) in [6, 6.07) is 3.80. The third-order valence-corrected chi connectivity index (χ3v) is 1.44. The van der Waals surface area contributed by atoms with Gasteiger partial charge in [-0.2, -0.15) is 0 Å². The van der Waals surface area contributed by atoms with Crippen molar-refractivity contribution < 1.29 is 5.11 Å². The molecule has 0 bridgehead atoms. The molecule has 0 aliphatic carbocycles. The number of nitrogens with zero attached hydrogens (tertiary/aromatic N) is 1. The molecular weight excluding hydrogens is 138 g/mol. The summed E-state index contributed by atoms with van der Waals surface area (Å²) in [6.07, 6.45) is 5.73. The van der Waals surface area contributed by atoms with Gasteiger partial charge in [0.2, 0.25) is 0 Å². The first kappa shape index (κ1) is 7.79. The fourth-order valence-corrected chi connectivity index (χ4v) is 0.814. The molecule has 0 fully saturated rings. The van der Waals surface area contributed by atoms with Crippen molar-refractivity contribution in [3.8, 4) is 0 Å². The number of hydrogen-bond acceptors (Lipinski definition) is 2. The van der Waals surface area contributed by atoms with Crippen LogP contribution in [0, 0.1) is 0 Å². The summed E-state index contributed by atoms with van der Waals surface area (Å²) in [5.74, 6) is 0.387. The van der Waals surface area contributed by atoms with Gasteiger partial charge in [-0.25, -0.2) is 0 Å². The highest BCUT2D eigenvalue weighted by Gasteiger charge is 1.93. The normalized spacial score (nSPS) is 11.5. The predicted molar refractivity (Wildman–Crippen MR) is 44.3 cm³/mol. The standard InChI is InChI=1S/C9H11NO/c1-2-9(11)6-8-4-3-5-10-7-8/h2-5,7,11H,6H2,1H3/b9-2-. The molecular formula is C9H11NO. The lowest BCUT2D eigenvalue weighted by Crippen LogP contribution is -1.88. The maximum absolute atomic E-state index is 9.14. The lowest BCUT2D eigenvalue weighted by Gasteiger charge is -1.97. The Balaban J connectivity index is 2.65. The van der Waals surface area contributed by atoms with Crippen molar-refractivity contribution >= 4 is 0 Å². The van der Waals surface area contributed by atoms with Crippen molar-refractivity contribution in [3.63, 3.8) is 0 Å². The zero-order valence-corrected chi connectivity index (χ0v) is 6.49. The SMILES string of the molecule is C/C=C(\O)Cc1cccnc1. The Morgan fingerprint density at radius 2 is 2.55 bits per heavy atom. The highest BCUT2D eigenvalue weighted by molar-refractivity contribution is 5.14. The van der Waals surface area contributed by atoms with Crippen LogP contribution in [0.2, 0.25) is 0 Å². The maximum atomic E-state index is 9.14. The number of rotatable bonds is 2. The molecule has 1 aromatic rings. The molecule has 0 aliphatic rings. The number of aromatic nitrogens is 1. The van der Waals surface area contributed by atoms with Crippen LogP contribution < -0.4 is 0 Å². The summed E-state index contributed by atoms with van der Waals surface area (Å²) in [5, 5.41) is 9.14. The molecule has 0 spiro atoms. The van der Waals surface area contributed by atoms with Gasteiger partial charge in [-0.15, -0.1) is 0 Å². The summed E-state index contributed by atoms with van der Waals surface area (Å²) in [5.41, 5.74) is 1.03. The first-order valence-corrected chi connectivity index (χ1v) is 3.56. The molecule has 1 N–H and O–H groups in total. The Kier molecular flexibility index (Phi) is 2.66. The number of allylic oxidation sites excluding steroid dienone is 2. The lowest BCUT2D eigenvalue weighted by atomic mass is 10.2. The van der Waals surface area contributed by atoms with Crippen LogP contribution in [-0.4, -0.2) is 10.1 Å². The quantitative estimate of drug-likeness (QED) is 0.653. The van der Waals surface area contributed by atoms with E-state index in [4.69, 9.17) is 5.11 Å². The molecule has 1 rings (SSSR count). The van der Waals surface area contributed by atoms with Gasteiger partial charge in [0, 0.05) is 18.8 Å². The Bertz CT molecular complexity index is 241. The topological polar surface area (TPSA) is 33.1 Å². The van der Waals surface area contributed by atoms with Gasteiger partial charge in [-0.3, -0.25) is 4.98 Å². The Labute approximate surface area is 66.2 Å². The monoisotopic (exact) mass is 149 g/mol. The molecule has 58 valence electrons. The molecule has 0 amide bonds. The molecule has 0 saturated heterocycles. The van der Waals surface area contributed by atoms with Crippen LogP contribution >= 0.6 is 0 Å². The van der Waals surface area contributed by atoms with Gasteiger partial charge >= 0.3 is 0 Å². The van der Waals surface area contributed by atoms with Crippen molar-refractivity contribution in [2.45, 2.75) is 13.3 Å². The third-order valence-electron chi connectivity index (χ3n) is 1.44. The maximum Gasteiger partial charge on any atom is 0.0924 e. The van der Waals surface area contributed by atoms with Gasteiger partial charge in [0.05, 0.1) is 5.76 Å². The molecule has 1 heterocycles. The fraction of sp³-hybridized carbons (Fsp3) is 0.222. The van der Waals surface area contributed by atoms with Gasteiger partial charge in [0.25, 0.3) is 0 Å². The second-order valence-corrected chi connectivity index (χ2v) is 2.32. The van der Waals surface area contributed by atoms with Gasteiger partial charge in [-0.1, -0.05) is 6.07 Å². The van der Waals surface area contributed by atoms with E-state index in [0.717, 1.165) is 5.56 Å². The zero-order chi connectivity index (χ0) is 8.10. The summed E-state index contributed by atoms with van der Waals surface area (Å²) < 4.78 is 0. The lowest BCUT2D eigenvalue weighted by molar-refractivity contribution is 0.397. The molecule has 1 aromatic heterocycles. The van der Waals surface area contributed by atoms with E-state index in [1.165, 1.54) is 0 Å². The highest BCUT2D eigenvalue weighted by Crippen LogP contribution is 2.02. The molecule has 0 unspecified atom stereocenters. The number of pyridine rings is 1. The second kappa shape index (κ2) is 3.76. The molecule has 0 atom stereocenters. The third kappa shape index (κ3) is 2.42. The van der Waals surface area contributed by atoms with Crippen LogP contribution in [0.5, 0.6) is 0 Å².